The van der Waals surface area contributed by atoms with Crippen LogP contribution < -0.4 is 5.32 Å². The molecule has 16 heavy (non-hydrogen) atoms. The highest BCUT2D eigenvalue weighted by Gasteiger charge is 2.21. The SMILES string of the molecule is Fc1ccccc1-c1ncc(C2CNC2)[nH]1. The van der Waals surface area contributed by atoms with E-state index in [9.17, 15) is 4.39 Å². The topological polar surface area (TPSA) is 40.7 Å². The monoisotopic (exact) mass is 217 g/mol. The zero-order chi connectivity index (χ0) is 11.0. The first-order valence-corrected chi connectivity index (χ1v) is 5.35. The van der Waals surface area contributed by atoms with Crippen LogP contribution in [0.3, 0.4) is 0 Å². The molecule has 82 valence electrons. The van der Waals surface area contributed by atoms with Gasteiger partial charge in [0.05, 0.1) is 5.56 Å². The van der Waals surface area contributed by atoms with Gasteiger partial charge in [0.1, 0.15) is 11.6 Å². The van der Waals surface area contributed by atoms with Crippen molar-refractivity contribution in [2.24, 2.45) is 0 Å². The molecular weight excluding hydrogens is 205 g/mol. The number of nitrogens with zero attached hydrogens (tertiary/aromatic N) is 1. The van der Waals surface area contributed by atoms with Crippen LogP contribution in [-0.2, 0) is 0 Å². The number of H-pyrrole nitrogens is 1. The summed E-state index contributed by atoms with van der Waals surface area (Å²) in [6.07, 6.45) is 1.80. The van der Waals surface area contributed by atoms with E-state index in [-0.39, 0.29) is 5.82 Å². The normalized spacial score (nSPS) is 16.1. The van der Waals surface area contributed by atoms with Crippen molar-refractivity contribution in [2.45, 2.75) is 5.92 Å². The van der Waals surface area contributed by atoms with Crippen molar-refractivity contribution >= 4 is 0 Å². The molecule has 0 bridgehead atoms. The lowest BCUT2D eigenvalue weighted by Gasteiger charge is -2.25. The van der Waals surface area contributed by atoms with Gasteiger partial charge in [-0.05, 0) is 12.1 Å². The lowest BCUT2D eigenvalue weighted by atomic mass is 10.0. The Morgan fingerprint density at radius 2 is 2.06 bits per heavy atom. The van der Waals surface area contributed by atoms with Crippen molar-refractivity contribution in [2.75, 3.05) is 13.1 Å². The van der Waals surface area contributed by atoms with Crippen LogP contribution in [0.1, 0.15) is 11.6 Å². The van der Waals surface area contributed by atoms with Gasteiger partial charge in [-0.25, -0.2) is 9.37 Å². The Balaban J connectivity index is 1.95. The first-order valence-electron chi connectivity index (χ1n) is 5.35. The molecule has 0 radical (unpaired) electrons. The lowest BCUT2D eigenvalue weighted by molar-refractivity contribution is 0.441. The molecule has 1 aliphatic rings. The molecule has 1 aromatic heterocycles. The highest BCUT2D eigenvalue weighted by Crippen LogP contribution is 2.23. The summed E-state index contributed by atoms with van der Waals surface area (Å²) in [6.45, 7) is 1.94. The van der Waals surface area contributed by atoms with Crippen molar-refractivity contribution in [3.63, 3.8) is 0 Å². The van der Waals surface area contributed by atoms with E-state index in [1.807, 2.05) is 6.07 Å². The van der Waals surface area contributed by atoms with Crippen LogP contribution in [0.15, 0.2) is 30.5 Å². The Morgan fingerprint density at radius 3 is 2.75 bits per heavy atom. The fourth-order valence-electron chi connectivity index (χ4n) is 1.84. The third-order valence-corrected chi connectivity index (χ3v) is 2.95. The Kier molecular flexibility index (Phi) is 2.22. The van der Waals surface area contributed by atoms with Crippen LogP contribution in [0.2, 0.25) is 0 Å². The van der Waals surface area contributed by atoms with Gasteiger partial charge >= 0.3 is 0 Å². The maximum Gasteiger partial charge on any atom is 0.140 e. The van der Waals surface area contributed by atoms with E-state index < -0.39 is 0 Å². The zero-order valence-electron chi connectivity index (χ0n) is 8.70. The van der Waals surface area contributed by atoms with Crippen LogP contribution in [0.4, 0.5) is 4.39 Å². The summed E-state index contributed by atoms with van der Waals surface area (Å²) < 4.78 is 13.5. The second kappa shape index (κ2) is 3.72. The molecule has 0 atom stereocenters. The predicted molar refractivity (Wildman–Crippen MR) is 59.6 cm³/mol. The highest BCUT2D eigenvalue weighted by molar-refractivity contribution is 5.56. The molecule has 2 heterocycles. The van der Waals surface area contributed by atoms with Crippen molar-refractivity contribution in [3.8, 4) is 11.4 Å². The summed E-state index contributed by atoms with van der Waals surface area (Å²) in [6, 6.07) is 6.67. The average Bonchev–Trinajstić information content (AvgIpc) is 2.65. The van der Waals surface area contributed by atoms with Crippen LogP contribution in [0.25, 0.3) is 11.4 Å². The molecule has 3 nitrogen and oxygen atoms in total. The minimum Gasteiger partial charge on any atom is -0.341 e. The minimum atomic E-state index is -0.241. The minimum absolute atomic E-state index is 0.241. The summed E-state index contributed by atoms with van der Waals surface area (Å²) >= 11 is 0. The molecular formula is C12H12FN3. The number of hydrogen-bond donors (Lipinski definition) is 2. The van der Waals surface area contributed by atoms with Gasteiger partial charge in [0.15, 0.2) is 0 Å². The molecule has 2 N–H and O–H groups in total. The van der Waals surface area contributed by atoms with E-state index in [1.165, 1.54) is 6.07 Å². The Morgan fingerprint density at radius 1 is 1.25 bits per heavy atom. The van der Waals surface area contributed by atoms with Crippen LogP contribution in [0, 0.1) is 5.82 Å². The van der Waals surface area contributed by atoms with Gasteiger partial charge in [0.2, 0.25) is 0 Å². The smallest absolute Gasteiger partial charge is 0.140 e. The van der Waals surface area contributed by atoms with Crippen molar-refractivity contribution in [1.29, 1.82) is 0 Å². The van der Waals surface area contributed by atoms with Crippen LogP contribution >= 0.6 is 0 Å². The molecule has 1 aromatic carbocycles. The van der Waals surface area contributed by atoms with E-state index in [0.29, 0.717) is 17.3 Å². The lowest BCUT2D eigenvalue weighted by Crippen LogP contribution is -2.40. The number of nitrogens with one attached hydrogen (secondary N) is 2. The van der Waals surface area contributed by atoms with Crippen molar-refractivity contribution < 1.29 is 4.39 Å². The fraction of sp³-hybridized carbons (Fsp3) is 0.250. The summed E-state index contributed by atoms with van der Waals surface area (Å²) in [7, 11) is 0. The zero-order valence-corrected chi connectivity index (χ0v) is 8.70. The van der Waals surface area contributed by atoms with E-state index >= 15 is 0 Å². The van der Waals surface area contributed by atoms with Gasteiger partial charge in [0.25, 0.3) is 0 Å². The molecule has 1 saturated heterocycles. The van der Waals surface area contributed by atoms with Crippen LogP contribution in [-0.4, -0.2) is 23.1 Å². The van der Waals surface area contributed by atoms with Crippen molar-refractivity contribution in [3.05, 3.63) is 42.0 Å². The molecule has 0 amide bonds. The number of benzene rings is 1. The largest absolute Gasteiger partial charge is 0.341 e. The molecule has 0 aliphatic carbocycles. The first-order chi connectivity index (χ1) is 7.84. The maximum atomic E-state index is 13.5. The van der Waals surface area contributed by atoms with Gasteiger partial charge in [-0.2, -0.15) is 0 Å². The van der Waals surface area contributed by atoms with Gasteiger partial charge in [-0.1, -0.05) is 12.1 Å². The Hall–Kier alpha value is -1.68. The van der Waals surface area contributed by atoms with Gasteiger partial charge < -0.3 is 10.3 Å². The number of rotatable bonds is 2. The van der Waals surface area contributed by atoms with Gasteiger partial charge in [0, 0.05) is 30.9 Å². The molecule has 4 heteroatoms. The van der Waals surface area contributed by atoms with E-state index in [0.717, 1.165) is 18.8 Å². The molecule has 1 fully saturated rings. The number of hydrogen-bond acceptors (Lipinski definition) is 2. The van der Waals surface area contributed by atoms with E-state index in [2.05, 4.69) is 15.3 Å². The second-order valence-corrected chi connectivity index (χ2v) is 4.02. The Labute approximate surface area is 92.7 Å². The number of aromatic amines is 1. The number of halogens is 1. The third-order valence-electron chi connectivity index (χ3n) is 2.95. The van der Waals surface area contributed by atoms with Gasteiger partial charge in [-0.15, -0.1) is 0 Å². The molecule has 0 spiro atoms. The van der Waals surface area contributed by atoms with Gasteiger partial charge in [-0.3, -0.25) is 0 Å². The second-order valence-electron chi connectivity index (χ2n) is 4.02. The highest BCUT2D eigenvalue weighted by atomic mass is 19.1. The Bertz CT molecular complexity index is 502. The summed E-state index contributed by atoms with van der Waals surface area (Å²) in [5.74, 6) is 0.864. The van der Waals surface area contributed by atoms with E-state index in [1.54, 1.807) is 18.3 Å². The number of aromatic nitrogens is 2. The summed E-state index contributed by atoms with van der Waals surface area (Å²) in [5.41, 5.74) is 1.61. The molecule has 2 aromatic rings. The fourth-order valence-corrected chi connectivity index (χ4v) is 1.84. The summed E-state index contributed by atoms with van der Waals surface area (Å²) in [5, 5.41) is 3.20. The maximum absolute atomic E-state index is 13.5. The summed E-state index contributed by atoms with van der Waals surface area (Å²) in [4.78, 5) is 7.41. The molecule has 0 unspecified atom stereocenters. The quantitative estimate of drug-likeness (QED) is 0.806. The first kappa shape index (κ1) is 9.54. The molecule has 1 aliphatic heterocycles. The van der Waals surface area contributed by atoms with E-state index in [4.69, 9.17) is 0 Å². The van der Waals surface area contributed by atoms with Crippen LogP contribution in [0.5, 0.6) is 0 Å². The standard InChI is InChI=1S/C12H12FN3/c13-10-4-2-1-3-9(10)12-15-7-11(16-12)8-5-14-6-8/h1-4,7-8,14H,5-6H2,(H,15,16). The third kappa shape index (κ3) is 1.51. The average molecular weight is 217 g/mol. The molecule has 3 rings (SSSR count). The van der Waals surface area contributed by atoms with Crippen molar-refractivity contribution in [1.82, 2.24) is 15.3 Å². The number of imidazole rings is 1. The molecule has 0 saturated carbocycles. The predicted octanol–water partition coefficient (Wildman–Crippen LogP) is 1.90.